The van der Waals surface area contributed by atoms with Gasteiger partial charge in [-0.2, -0.15) is 17.0 Å². The summed E-state index contributed by atoms with van der Waals surface area (Å²) in [5.74, 6) is 0. The second-order valence-corrected chi connectivity index (χ2v) is 9.65. The molecule has 136 valence electrons. The lowest BCUT2D eigenvalue weighted by Crippen LogP contribution is -2.49. The normalized spacial score (nSPS) is 19.4. The van der Waals surface area contributed by atoms with Crippen LogP contribution in [0.4, 0.5) is 0 Å². The van der Waals surface area contributed by atoms with Crippen LogP contribution in [-0.4, -0.2) is 36.7 Å². The van der Waals surface area contributed by atoms with Crippen LogP contribution in [0.15, 0.2) is 47.8 Å². The van der Waals surface area contributed by atoms with E-state index in [1.165, 1.54) is 9.18 Å². The van der Waals surface area contributed by atoms with Gasteiger partial charge in [-0.3, -0.25) is 0 Å². The molecule has 1 atom stereocenters. The van der Waals surface area contributed by atoms with Crippen molar-refractivity contribution in [2.75, 3.05) is 13.6 Å². The highest BCUT2D eigenvalue weighted by Gasteiger charge is 2.34. The summed E-state index contributed by atoms with van der Waals surface area (Å²) in [6.07, 6.45) is 4.89. The number of hydrogen-bond donors (Lipinski definition) is 0. The summed E-state index contributed by atoms with van der Waals surface area (Å²) in [5, 5.41) is 2.08. The van der Waals surface area contributed by atoms with Crippen LogP contribution in [0.5, 0.6) is 0 Å². The lowest BCUT2D eigenvalue weighted by molar-refractivity contribution is 0.225. The van der Waals surface area contributed by atoms with Crippen molar-refractivity contribution in [3.8, 4) is 0 Å². The average molecular weight is 379 g/mol. The lowest BCUT2D eigenvalue weighted by Gasteiger charge is -2.37. The van der Waals surface area contributed by atoms with Gasteiger partial charge in [0, 0.05) is 31.1 Å². The van der Waals surface area contributed by atoms with E-state index in [1.807, 2.05) is 30.3 Å². The van der Waals surface area contributed by atoms with Crippen LogP contribution < -0.4 is 0 Å². The molecule has 1 aliphatic rings. The predicted molar refractivity (Wildman–Crippen MR) is 104 cm³/mol. The first-order valence-corrected chi connectivity index (χ1v) is 11.1. The fourth-order valence-corrected chi connectivity index (χ4v) is 5.77. The Labute approximate surface area is 155 Å². The van der Waals surface area contributed by atoms with Crippen molar-refractivity contribution in [1.82, 2.24) is 8.61 Å². The summed E-state index contributed by atoms with van der Waals surface area (Å²) in [7, 11) is -1.74. The average Bonchev–Trinajstić information content (AvgIpc) is 3.14. The van der Waals surface area contributed by atoms with Gasteiger partial charge in [0.25, 0.3) is 10.2 Å². The third kappa shape index (κ3) is 4.70. The summed E-state index contributed by atoms with van der Waals surface area (Å²) in [4.78, 5) is 1.33. The van der Waals surface area contributed by atoms with E-state index in [2.05, 4.69) is 17.5 Å². The maximum Gasteiger partial charge on any atom is 0.282 e. The fourth-order valence-electron chi connectivity index (χ4n) is 3.43. The quantitative estimate of drug-likeness (QED) is 0.733. The van der Waals surface area contributed by atoms with E-state index in [-0.39, 0.29) is 6.04 Å². The SMILES string of the molecule is CN(Cc1ccccc1)S(=O)(=O)N1CCCCC1CCc1cccs1. The Morgan fingerprint density at radius 2 is 1.96 bits per heavy atom. The largest absolute Gasteiger partial charge is 0.282 e. The van der Waals surface area contributed by atoms with E-state index in [1.54, 1.807) is 22.7 Å². The summed E-state index contributed by atoms with van der Waals surface area (Å²) in [6, 6.07) is 14.1. The molecule has 0 bridgehead atoms. The minimum Gasteiger partial charge on any atom is -0.195 e. The zero-order chi connectivity index (χ0) is 17.7. The van der Waals surface area contributed by atoms with Crippen molar-refractivity contribution in [2.24, 2.45) is 0 Å². The van der Waals surface area contributed by atoms with Crippen molar-refractivity contribution in [3.63, 3.8) is 0 Å². The van der Waals surface area contributed by atoms with Gasteiger partial charge < -0.3 is 0 Å². The smallest absolute Gasteiger partial charge is 0.195 e. The Morgan fingerprint density at radius 1 is 1.16 bits per heavy atom. The highest BCUT2D eigenvalue weighted by Crippen LogP contribution is 2.26. The first kappa shape index (κ1) is 18.6. The molecule has 0 amide bonds. The maximum atomic E-state index is 13.1. The zero-order valence-corrected chi connectivity index (χ0v) is 16.3. The van der Waals surface area contributed by atoms with Crippen molar-refractivity contribution < 1.29 is 8.42 Å². The summed E-state index contributed by atoms with van der Waals surface area (Å²) >= 11 is 1.75. The van der Waals surface area contributed by atoms with E-state index in [0.29, 0.717) is 13.1 Å². The number of nitrogens with zero attached hydrogens (tertiary/aromatic N) is 2. The van der Waals surface area contributed by atoms with E-state index >= 15 is 0 Å². The Hall–Kier alpha value is -1.21. The molecular formula is C19H26N2O2S2. The third-order valence-corrected chi connectivity index (χ3v) is 7.74. The monoisotopic (exact) mass is 378 g/mol. The summed E-state index contributed by atoms with van der Waals surface area (Å²) < 4.78 is 29.5. The van der Waals surface area contributed by atoms with Gasteiger partial charge in [-0.15, -0.1) is 11.3 Å². The highest BCUT2D eigenvalue weighted by molar-refractivity contribution is 7.86. The molecule has 1 aliphatic heterocycles. The van der Waals surface area contributed by atoms with Crippen molar-refractivity contribution in [3.05, 3.63) is 58.3 Å². The molecule has 4 nitrogen and oxygen atoms in total. The Bertz CT molecular complexity index is 745. The predicted octanol–water partition coefficient (Wildman–Crippen LogP) is 3.91. The standard InChI is InChI=1S/C19H26N2O2S2/c1-20(16-17-8-3-2-4-9-17)25(22,23)21-14-6-5-10-18(21)12-13-19-11-7-15-24-19/h2-4,7-9,11,15,18H,5-6,10,12-14,16H2,1H3. The first-order chi connectivity index (χ1) is 12.1. The Kier molecular flexibility index (Phi) is 6.28. The van der Waals surface area contributed by atoms with Gasteiger partial charge in [-0.05, 0) is 42.7 Å². The second kappa shape index (κ2) is 8.45. The van der Waals surface area contributed by atoms with E-state index in [4.69, 9.17) is 0 Å². The molecule has 3 rings (SSSR count). The molecule has 1 unspecified atom stereocenters. The minimum atomic E-state index is -3.43. The third-order valence-electron chi connectivity index (χ3n) is 4.82. The van der Waals surface area contributed by atoms with Crippen LogP contribution >= 0.6 is 11.3 Å². The van der Waals surface area contributed by atoms with Crippen LogP contribution in [0, 0.1) is 0 Å². The maximum absolute atomic E-state index is 13.1. The van der Waals surface area contributed by atoms with Crippen molar-refractivity contribution in [2.45, 2.75) is 44.7 Å². The zero-order valence-electron chi connectivity index (χ0n) is 14.7. The van der Waals surface area contributed by atoms with E-state index < -0.39 is 10.2 Å². The molecule has 0 N–H and O–H groups in total. The van der Waals surface area contributed by atoms with Crippen LogP contribution in [-0.2, 0) is 23.2 Å². The molecule has 1 fully saturated rings. The van der Waals surface area contributed by atoms with Gasteiger partial charge in [0.2, 0.25) is 0 Å². The summed E-state index contributed by atoms with van der Waals surface area (Å²) in [5.41, 5.74) is 1.01. The lowest BCUT2D eigenvalue weighted by atomic mass is 10.0. The van der Waals surface area contributed by atoms with Gasteiger partial charge in [-0.1, -0.05) is 42.8 Å². The first-order valence-electron chi connectivity index (χ1n) is 8.87. The molecule has 1 saturated heterocycles. The minimum absolute atomic E-state index is 0.110. The van der Waals surface area contributed by atoms with E-state index in [0.717, 1.165) is 37.7 Å². The van der Waals surface area contributed by atoms with Crippen molar-refractivity contribution in [1.29, 1.82) is 0 Å². The van der Waals surface area contributed by atoms with Crippen LogP contribution in [0.1, 0.15) is 36.1 Å². The van der Waals surface area contributed by atoms with Crippen LogP contribution in [0.25, 0.3) is 0 Å². The van der Waals surface area contributed by atoms with Gasteiger partial charge in [0.05, 0.1) is 0 Å². The van der Waals surface area contributed by atoms with Gasteiger partial charge in [0.1, 0.15) is 0 Å². The number of aryl methyl sites for hydroxylation is 1. The number of thiophene rings is 1. The molecule has 0 radical (unpaired) electrons. The number of hydrogen-bond acceptors (Lipinski definition) is 3. The van der Waals surface area contributed by atoms with Gasteiger partial charge in [-0.25, -0.2) is 0 Å². The fraction of sp³-hybridized carbons (Fsp3) is 0.474. The van der Waals surface area contributed by atoms with Gasteiger partial charge in [0.15, 0.2) is 0 Å². The molecule has 6 heteroatoms. The highest BCUT2D eigenvalue weighted by atomic mass is 32.2. The molecule has 0 spiro atoms. The Morgan fingerprint density at radius 3 is 2.68 bits per heavy atom. The molecular weight excluding hydrogens is 352 g/mol. The molecule has 2 aromatic rings. The van der Waals surface area contributed by atoms with Crippen molar-refractivity contribution >= 4 is 21.5 Å². The molecule has 2 heterocycles. The summed E-state index contributed by atoms with van der Waals surface area (Å²) in [6.45, 7) is 1.05. The number of piperidine rings is 1. The van der Waals surface area contributed by atoms with Crippen LogP contribution in [0.3, 0.4) is 0 Å². The number of rotatable bonds is 7. The number of benzene rings is 1. The van der Waals surface area contributed by atoms with Gasteiger partial charge >= 0.3 is 0 Å². The molecule has 0 aliphatic carbocycles. The topological polar surface area (TPSA) is 40.6 Å². The second-order valence-electron chi connectivity index (χ2n) is 6.63. The molecule has 0 saturated carbocycles. The Balaban J connectivity index is 1.68. The molecule has 25 heavy (non-hydrogen) atoms. The molecule has 1 aromatic heterocycles. The van der Waals surface area contributed by atoms with E-state index in [9.17, 15) is 8.42 Å². The molecule has 1 aromatic carbocycles. The van der Waals surface area contributed by atoms with Crippen LogP contribution in [0.2, 0.25) is 0 Å².